The Morgan fingerprint density at radius 3 is 2.16 bits per heavy atom. The fourth-order valence-electron chi connectivity index (χ4n) is 3.75. The third-order valence-corrected chi connectivity index (χ3v) is 5.26. The van der Waals surface area contributed by atoms with Crippen LogP contribution in [0.5, 0.6) is 5.75 Å². The number of carbonyl (C=O) groups is 5. The van der Waals surface area contributed by atoms with Gasteiger partial charge in [-0.05, 0) is 18.6 Å². The maximum atomic E-state index is 12.8. The number of amides is 2. The maximum Gasteiger partial charge on any atom is 0.303 e. The van der Waals surface area contributed by atoms with Crippen LogP contribution in [0.3, 0.4) is 0 Å². The Bertz CT molecular complexity index is 982. The fraction of sp³-hybridized carbons (Fsp3) is 0.560. The third-order valence-electron chi connectivity index (χ3n) is 5.26. The predicted molar refractivity (Wildman–Crippen MR) is 128 cm³/mol. The highest BCUT2D eigenvalue weighted by Crippen LogP contribution is 2.30. The molecule has 2 N–H and O–H groups in total. The Morgan fingerprint density at radius 1 is 0.919 bits per heavy atom. The van der Waals surface area contributed by atoms with Gasteiger partial charge in [0.2, 0.25) is 12.2 Å². The van der Waals surface area contributed by atoms with Gasteiger partial charge in [0.1, 0.15) is 24.5 Å². The molecule has 1 aromatic rings. The molecule has 1 aliphatic heterocycles. The first-order valence-electron chi connectivity index (χ1n) is 12.0. The number of benzene rings is 1. The van der Waals surface area contributed by atoms with Gasteiger partial charge in [-0.2, -0.15) is 0 Å². The molecule has 0 spiro atoms. The van der Waals surface area contributed by atoms with Crippen molar-refractivity contribution in [1.82, 2.24) is 10.6 Å². The van der Waals surface area contributed by atoms with Gasteiger partial charge in [-0.15, -0.1) is 0 Å². The normalized spacial score (nSPS) is 22.8. The summed E-state index contributed by atoms with van der Waals surface area (Å²) in [4.78, 5) is 60.2. The minimum atomic E-state index is -1.33. The number of esters is 3. The molecule has 0 radical (unpaired) electrons. The highest BCUT2D eigenvalue weighted by Gasteiger charge is 2.52. The van der Waals surface area contributed by atoms with E-state index in [2.05, 4.69) is 10.6 Å². The fourth-order valence-corrected chi connectivity index (χ4v) is 3.75. The van der Waals surface area contributed by atoms with Crippen molar-refractivity contribution < 1.29 is 47.7 Å². The first kappa shape index (κ1) is 29.6. The van der Waals surface area contributed by atoms with E-state index in [-0.39, 0.29) is 23.8 Å². The van der Waals surface area contributed by atoms with E-state index in [0.717, 1.165) is 26.7 Å². The maximum absolute atomic E-state index is 12.8. The number of hydrogen-bond acceptors (Lipinski definition) is 10. The molecule has 1 aliphatic rings. The quantitative estimate of drug-likeness (QED) is 0.246. The molecule has 0 bridgehead atoms. The highest BCUT2D eigenvalue weighted by atomic mass is 16.7. The van der Waals surface area contributed by atoms with Crippen molar-refractivity contribution in [2.24, 2.45) is 0 Å². The number of nitrogens with one attached hydrogen (secondary N) is 2. The molecule has 1 heterocycles. The SMILES string of the molecule is CCCCNC(=O)c1ccccc1O[C@@H]1OC(COC(C)=O)[C@@H](OC(C)=O)[C@@H](OC(C)=O)C1NC(C)=O. The molecule has 0 saturated carbocycles. The van der Waals surface area contributed by atoms with Crippen molar-refractivity contribution >= 4 is 29.7 Å². The topological polar surface area (TPSA) is 156 Å². The van der Waals surface area contributed by atoms with Gasteiger partial charge in [0.15, 0.2) is 12.2 Å². The van der Waals surface area contributed by atoms with Crippen LogP contribution in [0.25, 0.3) is 0 Å². The van der Waals surface area contributed by atoms with E-state index in [1.54, 1.807) is 24.3 Å². The molecule has 1 fully saturated rings. The van der Waals surface area contributed by atoms with Gasteiger partial charge in [0.05, 0.1) is 5.56 Å². The summed E-state index contributed by atoms with van der Waals surface area (Å²) in [6.07, 6.45) is -3.27. The van der Waals surface area contributed by atoms with E-state index in [1.165, 1.54) is 13.8 Å². The van der Waals surface area contributed by atoms with Crippen LogP contribution in [0.1, 0.15) is 57.8 Å². The van der Waals surface area contributed by atoms with Crippen LogP contribution in [0, 0.1) is 0 Å². The van der Waals surface area contributed by atoms with Gasteiger partial charge in [-0.3, -0.25) is 24.0 Å². The summed E-state index contributed by atoms with van der Waals surface area (Å²) in [6, 6.07) is 5.26. The van der Waals surface area contributed by atoms with Crippen molar-refractivity contribution in [3.05, 3.63) is 29.8 Å². The molecule has 0 aromatic heterocycles. The Morgan fingerprint density at radius 2 is 1.57 bits per heavy atom. The second-order valence-electron chi connectivity index (χ2n) is 8.44. The molecule has 2 unspecified atom stereocenters. The van der Waals surface area contributed by atoms with Crippen molar-refractivity contribution in [1.29, 1.82) is 0 Å². The van der Waals surface area contributed by atoms with Gasteiger partial charge in [-0.1, -0.05) is 25.5 Å². The summed E-state index contributed by atoms with van der Waals surface area (Å²) >= 11 is 0. The second-order valence-corrected chi connectivity index (χ2v) is 8.44. The van der Waals surface area contributed by atoms with Crippen LogP contribution in [0.15, 0.2) is 24.3 Å². The van der Waals surface area contributed by atoms with Crippen molar-refractivity contribution in [2.45, 2.75) is 78.1 Å². The lowest BCUT2D eigenvalue weighted by Crippen LogP contribution is -2.67. The van der Waals surface area contributed by atoms with Crippen molar-refractivity contribution in [3.8, 4) is 5.75 Å². The number of ether oxygens (including phenoxy) is 5. The molecule has 0 aliphatic carbocycles. The molecular formula is C25H34N2O10. The zero-order chi connectivity index (χ0) is 27.5. The molecule has 204 valence electrons. The number of para-hydroxylation sites is 1. The van der Waals surface area contributed by atoms with Crippen LogP contribution in [0.2, 0.25) is 0 Å². The standard InChI is InChI=1S/C25H34N2O10/c1-6-7-12-26-24(32)18-10-8-9-11-19(18)36-25-21(27-14(2)28)23(35-17(5)31)22(34-16(4)30)20(37-25)13-33-15(3)29/h8-11,20-23,25H,6-7,12-13H2,1-5H3,(H,26,32)(H,27,28)/t20?,21?,22-,23+,25-/m1/s1. The lowest BCUT2D eigenvalue weighted by Gasteiger charge is -2.44. The van der Waals surface area contributed by atoms with E-state index < -0.39 is 54.5 Å². The Labute approximate surface area is 215 Å². The molecular weight excluding hydrogens is 488 g/mol. The van der Waals surface area contributed by atoms with E-state index in [4.69, 9.17) is 23.7 Å². The largest absolute Gasteiger partial charge is 0.463 e. The molecule has 1 saturated heterocycles. The van der Waals surface area contributed by atoms with Crippen molar-refractivity contribution in [2.75, 3.05) is 13.2 Å². The monoisotopic (exact) mass is 522 g/mol. The van der Waals surface area contributed by atoms with Crippen LogP contribution in [-0.2, 0) is 38.1 Å². The Balaban J connectivity index is 2.47. The zero-order valence-electron chi connectivity index (χ0n) is 21.6. The average Bonchev–Trinajstić information content (AvgIpc) is 2.81. The summed E-state index contributed by atoms with van der Waals surface area (Å²) in [5.41, 5.74) is 0.214. The summed E-state index contributed by atoms with van der Waals surface area (Å²) in [7, 11) is 0. The first-order chi connectivity index (χ1) is 17.5. The van der Waals surface area contributed by atoms with Gasteiger partial charge in [0.25, 0.3) is 5.91 Å². The van der Waals surface area contributed by atoms with E-state index in [1.807, 2.05) is 6.92 Å². The zero-order valence-corrected chi connectivity index (χ0v) is 21.6. The second kappa shape index (κ2) is 14.2. The number of hydrogen-bond donors (Lipinski definition) is 2. The van der Waals surface area contributed by atoms with E-state index in [9.17, 15) is 24.0 Å². The van der Waals surface area contributed by atoms with E-state index in [0.29, 0.717) is 6.54 Å². The summed E-state index contributed by atoms with van der Waals surface area (Å²) < 4.78 is 28.0. The van der Waals surface area contributed by atoms with Crippen LogP contribution >= 0.6 is 0 Å². The molecule has 1 aromatic carbocycles. The van der Waals surface area contributed by atoms with Gasteiger partial charge >= 0.3 is 17.9 Å². The van der Waals surface area contributed by atoms with Crippen LogP contribution in [-0.4, -0.2) is 73.5 Å². The highest BCUT2D eigenvalue weighted by molar-refractivity contribution is 5.96. The van der Waals surface area contributed by atoms with Crippen LogP contribution < -0.4 is 15.4 Å². The summed E-state index contributed by atoms with van der Waals surface area (Å²) in [6.45, 7) is 6.84. The molecule has 2 rings (SSSR count). The Hall–Kier alpha value is -3.67. The number of carbonyl (C=O) groups excluding carboxylic acids is 5. The number of unbranched alkanes of at least 4 members (excludes halogenated alkanes) is 1. The van der Waals surface area contributed by atoms with Gasteiger partial charge in [-0.25, -0.2) is 0 Å². The van der Waals surface area contributed by atoms with Gasteiger partial charge in [0, 0.05) is 34.2 Å². The van der Waals surface area contributed by atoms with Gasteiger partial charge < -0.3 is 34.3 Å². The number of rotatable bonds is 11. The van der Waals surface area contributed by atoms with E-state index >= 15 is 0 Å². The minimum Gasteiger partial charge on any atom is -0.463 e. The van der Waals surface area contributed by atoms with Crippen LogP contribution in [0.4, 0.5) is 0 Å². The smallest absolute Gasteiger partial charge is 0.303 e. The minimum absolute atomic E-state index is 0.135. The Kier molecular flexibility index (Phi) is 11.3. The first-order valence-corrected chi connectivity index (χ1v) is 12.0. The molecule has 12 heteroatoms. The molecule has 37 heavy (non-hydrogen) atoms. The lowest BCUT2D eigenvalue weighted by molar-refractivity contribution is -0.257. The predicted octanol–water partition coefficient (Wildman–Crippen LogP) is 1.25. The van der Waals surface area contributed by atoms with Crippen molar-refractivity contribution in [3.63, 3.8) is 0 Å². The summed E-state index contributed by atoms with van der Waals surface area (Å²) in [5.74, 6) is -2.80. The lowest BCUT2D eigenvalue weighted by atomic mass is 9.96. The average molecular weight is 523 g/mol. The third kappa shape index (κ3) is 9.05. The molecule has 12 nitrogen and oxygen atoms in total. The summed E-state index contributed by atoms with van der Waals surface area (Å²) in [5, 5.41) is 5.43. The molecule has 2 amide bonds. The molecule has 5 atom stereocenters.